The van der Waals surface area contributed by atoms with Crippen molar-refractivity contribution in [3.05, 3.63) is 185 Å². The summed E-state index contributed by atoms with van der Waals surface area (Å²) in [4.78, 5) is 11.2. The van der Waals surface area contributed by atoms with Crippen LogP contribution in [0.15, 0.2) is 146 Å². The molecule has 0 saturated heterocycles. The number of carbonyl (C=O) groups is 1. The van der Waals surface area contributed by atoms with Crippen LogP contribution in [0.3, 0.4) is 0 Å². The van der Waals surface area contributed by atoms with Crippen molar-refractivity contribution in [1.82, 2.24) is 0 Å². The molecule has 0 unspecified atom stereocenters. The van der Waals surface area contributed by atoms with Crippen LogP contribution in [-0.4, -0.2) is 27.6 Å². The van der Waals surface area contributed by atoms with Gasteiger partial charge in [0.25, 0.3) is 0 Å². The Morgan fingerprint density at radius 1 is 0.367 bits per heavy atom. The van der Waals surface area contributed by atoms with Gasteiger partial charge in [-0.15, -0.1) is 0 Å². The Morgan fingerprint density at radius 2 is 0.633 bits per heavy atom. The molecule has 0 amide bonds. The van der Waals surface area contributed by atoms with E-state index in [4.69, 9.17) is 18.9 Å². The highest BCUT2D eigenvalue weighted by molar-refractivity contribution is 5.93. The Kier molecular flexibility index (Phi) is 10.3. The molecule has 0 aliphatic heterocycles. The van der Waals surface area contributed by atoms with E-state index in [1.807, 2.05) is 109 Å². The summed E-state index contributed by atoms with van der Waals surface area (Å²) in [5.41, 5.74) is 9.01. The van der Waals surface area contributed by atoms with Crippen LogP contribution in [0, 0.1) is 0 Å². The SMILES string of the molecule is COc1ccc(C(=Cc2ccc(Oc3ccc(C=C(c4ccc(OC)cc4)c4ccc(OC)cc4)cc3)cc2)c2ccc(C=O)cc2)cc1. The van der Waals surface area contributed by atoms with Gasteiger partial charge in [0.1, 0.15) is 35.0 Å². The normalized spacial score (nSPS) is 11.0. The monoisotopic (exact) mass is 644 g/mol. The number of hydrogen-bond acceptors (Lipinski definition) is 5. The van der Waals surface area contributed by atoms with Crippen LogP contribution in [-0.2, 0) is 0 Å². The summed E-state index contributed by atoms with van der Waals surface area (Å²) in [6.45, 7) is 0. The molecular weight excluding hydrogens is 608 g/mol. The quantitative estimate of drug-likeness (QED) is 0.0980. The first-order valence-electron chi connectivity index (χ1n) is 15.9. The summed E-state index contributed by atoms with van der Waals surface area (Å²) in [5, 5.41) is 0. The fourth-order valence-electron chi connectivity index (χ4n) is 5.45. The minimum Gasteiger partial charge on any atom is -0.497 e. The molecule has 0 heterocycles. The third kappa shape index (κ3) is 8.16. The Hall–Kier alpha value is -6.33. The Morgan fingerprint density at radius 3 is 0.918 bits per heavy atom. The fraction of sp³-hybridized carbons (Fsp3) is 0.0682. The van der Waals surface area contributed by atoms with Gasteiger partial charge in [0.15, 0.2) is 0 Å². The van der Waals surface area contributed by atoms with E-state index in [1.165, 1.54) is 0 Å². The lowest BCUT2D eigenvalue weighted by molar-refractivity contribution is 0.112. The van der Waals surface area contributed by atoms with Crippen molar-refractivity contribution in [3.63, 3.8) is 0 Å². The lowest BCUT2D eigenvalue weighted by Crippen LogP contribution is -1.91. The van der Waals surface area contributed by atoms with Gasteiger partial charge in [-0.05, 0) is 117 Å². The van der Waals surface area contributed by atoms with E-state index in [2.05, 4.69) is 48.6 Å². The molecule has 6 rings (SSSR count). The predicted molar refractivity (Wildman–Crippen MR) is 198 cm³/mol. The summed E-state index contributed by atoms with van der Waals surface area (Å²) >= 11 is 0. The Balaban J connectivity index is 1.22. The molecule has 0 aromatic heterocycles. The molecule has 0 fully saturated rings. The number of aldehydes is 1. The molecule has 0 atom stereocenters. The minimum absolute atomic E-state index is 0.637. The van der Waals surface area contributed by atoms with Gasteiger partial charge in [-0.2, -0.15) is 0 Å². The number of benzene rings is 6. The van der Waals surface area contributed by atoms with Crippen LogP contribution in [0.25, 0.3) is 23.3 Å². The molecule has 0 aliphatic carbocycles. The molecule has 5 nitrogen and oxygen atoms in total. The van der Waals surface area contributed by atoms with Gasteiger partial charge in [-0.25, -0.2) is 0 Å². The maximum Gasteiger partial charge on any atom is 0.150 e. The first-order valence-corrected chi connectivity index (χ1v) is 15.9. The van der Waals surface area contributed by atoms with Gasteiger partial charge in [0.2, 0.25) is 0 Å². The third-order valence-corrected chi connectivity index (χ3v) is 8.18. The number of hydrogen-bond donors (Lipinski definition) is 0. The molecule has 0 radical (unpaired) electrons. The van der Waals surface area contributed by atoms with Crippen LogP contribution in [0.4, 0.5) is 0 Å². The summed E-state index contributed by atoms with van der Waals surface area (Å²) in [6.07, 6.45) is 5.15. The van der Waals surface area contributed by atoms with E-state index in [9.17, 15) is 4.79 Å². The zero-order chi connectivity index (χ0) is 34.0. The summed E-state index contributed by atoms with van der Waals surface area (Å²) in [5.74, 6) is 3.89. The van der Waals surface area contributed by atoms with Crippen molar-refractivity contribution >= 4 is 29.6 Å². The zero-order valence-corrected chi connectivity index (χ0v) is 27.6. The molecule has 242 valence electrons. The smallest absolute Gasteiger partial charge is 0.150 e. The first kappa shape index (κ1) is 32.6. The van der Waals surface area contributed by atoms with Gasteiger partial charge in [0, 0.05) is 5.56 Å². The van der Waals surface area contributed by atoms with E-state index in [0.717, 1.165) is 79.6 Å². The van der Waals surface area contributed by atoms with Gasteiger partial charge in [0.05, 0.1) is 21.3 Å². The fourth-order valence-corrected chi connectivity index (χ4v) is 5.45. The molecule has 0 bridgehead atoms. The molecule has 0 aliphatic rings. The van der Waals surface area contributed by atoms with E-state index in [1.54, 1.807) is 21.3 Å². The van der Waals surface area contributed by atoms with Gasteiger partial charge >= 0.3 is 0 Å². The van der Waals surface area contributed by atoms with Gasteiger partial charge in [-0.3, -0.25) is 4.79 Å². The second-order valence-corrected chi connectivity index (χ2v) is 11.3. The zero-order valence-electron chi connectivity index (χ0n) is 27.6. The minimum atomic E-state index is 0.637. The van der Waals surface area contributed by atoms with Crippen molar-refractivity contribution in [2.45, 2.75) is 0 Å². The van der Waals surface area contributed by atoms with Crippen molar-refractivity contribution in [3.8, 4) is 28.7 Å². The first-order chi connectivity index (χ1) is 24.0. The van der Waals surface area contributed by atoms with Crippen molar-refractivity contribution in [2.24, 2.45) is 0 Å². The maximum absolute atomic E-state index is 11.2. The summed E-state index contributed by atoms with van der Waals surface area (Å²) in [7, 11) is 4.99. The highest BCUT2D eigenvalue weighted by atomic mass is 16.5. The van der Waals surface area contributed by atoms with Crippen molar-refractivity contribution < 1.29 is 23.7 Å². The van der Waals surface area contributed by atoms with Crippen LogP contribution >= 0.6 is 0 Å². The summed E-state index contributed by atoms with van der Waals surface area (Å²) < 4.78 is 22.3. The van der Waals surface area contributed by atoms with Crippen molar-refractivity contribution in [1.29, 1.82) is 0 Å². The van der Waals surface area contributed by atoms with Crippen LogP contribution in [0.2, 0.25) is 0 Å². The second kappa shape index (κ2) is 15.5. The maximum atomic E-state index is 11.2. The lowest BCUT2D eigenvalue weighted by atomic mass is 9.95. The number of rotatable bonds is 12. The highest BCUT2D eigenvalue weighted by Crippen LogP contribution is 2.32. The molecule has 0 N–H and O–H groups in total. The average molecular weight is 645 g/mol. The largest absolute Gasteiger partial charge is 0.497 e. The average Bonchev–Trinajstić information content (AvgIpc) is 3.17. The Bertz CT molecular complexity index is 1990. The van der Waals surface area contributed by atoms with Gasteiger partial charge in [-0.1, -0.05) is 84.9 Å². The van der Waals surface area contributed by atoms with Crippen LogP contribution < -0.4 is 18.9 Å². The Labute approximate surface area is 287 Å². The second-order valence-electron chi connectivity index (χ2n) is 11.3. The predicted octanol–water partition coefficient (Wildman–Crippen LogP) is 10.5. The van der Waals surface area contributed by atoms with Crippen LogP contribution in [0.5, 0.6) is 28.7 Å². The third-order valence-electron chi connectivity index (χ3n) is 8.18. The molecule has 6 aromatic carbocycles. The number of carbonyl (C=O) groups excluding carboxylic acids is 1. The van der Waals surface area contributed by atoms with E-state index in [-0.39, 0.29) is 0 Å². The molecular formula is C44H36O5. The van der Waals surface area contributed by atoms with E-state index < -0.39 is 0 Å². The van der Waals surface area contributed by atoms with Crippen LogP contribution in [0.1, 0.15) is 43.7 Å². The molecule has 0 saturated carbocycles. The molecule has 6 aromatic rings. The van der Waals surface area contributed by atoms with Crippen molar-refractivity contribution in [2.75, 3.05) is 21.3 Å². The summed E-state index contributed by atoms with van der Waals surface area (Å²) in [6, 6.07) is 47.7. The highest BCUT2D eigenvalue weighted by Gasteiger charge is 2.09. The van der Waals surface area contributed by atoms with E-state index >= 15 is 0 Å². The molecule has 0 spiro atoms. The van der Waals surface area contributed by atoms with Gasteiger partial charge < -0.3 is 18.9 Å². The van der Waals surface area contributed by atoms with E-state index in [0.29, 0.717) is 5.56 Å². The standard InChI is InChI=1S/C44H36O5/c1-46-38-22-12-35(13-23-38)43(34-10-4-33(30-45)5-11-34)28-31-6-18-41(19-7-31)49-42-20-8-32(9-21-42)29-44(36-14-24-39(47-2)25-15-36)37-16-26-40(48-3)27-17-37/h4-30H,1-3H3. The molecule has 5 heteroatoms. The number of methoxy groups -OCH3 is 3. The topological polar surface area (TPSA) is 54.0 Å². The lowest BCUT2D eigenvalue weighted by Gasteiger charge is -2.12. The number of ether oxygens (including phenoxy) is 4. The molecule has 49 heavy (non-hydrogen) atoms.